The standard InChI is InChI=1S/C6H4BrN3/c7-5-1-2-9-10-4-3-8-6(5)10/h1-4H/i1D,2D,3D,4D. The molecule has 2 rings (SSSR count). The van der Waals surface area contributed by atoms with Crippen molar-refractivity contribution in [3.05, 3.63) is 29.0 Å². The van der Waals surface area contributed by atoms with Gasteiger partial charge in [-0.1, -0.05) is 0 Å². The minimum atomic E-state index is -0.254. The van der Waals surface area contributed by atoms with Gasteiger partial charge in [0.2, 0.25) is 0 Å². The molecule has 0 aliphatic rings. The van der Waals surface area contributed by atoms with Crippen LogP contribution in [0.4, 0.5) is 0 Å². The van der Waals surface area contributed by atoms with Gasteiger partial charge >= 0.3 is 0 Å². The van der Waals surface area contributed by atoms with Crippen molar-refractivity contribution in [1.29, 1.82) is 0 Å². The molecule has 2 heterocycles. The first kappa shape index (κ1) is 3.00. The van der Waals surface area contributed by atoms with E-state index in [0.29, 0.717) is 0 Å². The number of fused-ring (bicyclic) bond motifs is 1. The predicted molar refractivity (Wildman–Crippen MR) is 40.7 cm³/mol. The zero-order valence-electron chi connectivity index (χ0n) is 8.72. The highest BCUT2D eigenvalue weighted by molar-refractivity contribution is 9.10. The molecular formula is C6H4BrN3. The van der Waals surface area contributed by atoms with Crippen molar-refractivity contribution in [2.24, 2.45) is 0 Å². The molecule has 0 N–H and O–H groups in total. The monoisotopic (exact) mass is 201 g/mol. The lowest BCUT2D eigenvalue weighted by Crippen LogP contribution is -1.87. The molecule has 10 heavy (non-hydrogen) atoms. The van der Waals surface area contributed by atoms with Gasteiger partial charge in [0, 0.05) is 18.5 Å². The first-order valence-corrected chi connectivity index (χ1v) is 3.30. The molecule has 3 nitrogen and oxygen atoms in total. The lowest BCUT2D eigenvalue weighted by atomic mass is 10.6. The van der Waals surface area contributed by atoms with Crippen LogP contribution in [0.3, 0.4) is 0 Å². The second-order valence-corrected chi connectivity index (χ2v) is 2.41. The van der Waals surface area contributed by atoms with Crippen molar-refractivity contribution in [1.82, 2.24) is 14.6 Å². The summed E-state index contributed by atoms with van der Waals surface area (Å²) in [6, 6.07) is -0.0949. The van der Waals surface area contributed by atoms with E-state index in [0.717, 1.165) is 4.52 Å². The summed E-state index contributed by atoms with van der Waals surface area (Å²) in [7, 11) is 0. The molecule has 0 saturated carbocycles. The van der Waals surface area contributed by atoms with Crippen LogP contribution < -0.4 is 0 Å². The van der Waals surface area contributed by atoms with Gasteiger partial charge in [-0.2, -0.15) is 5.10 Å². The molecule has 0 amide bonds. The van der Waals surface area contributed by atoms with Crippen molar-refractivity contribution < 1.29 is 5.48 Å². The van der Waals surface area contributed by atoms with E-state index in [1.807, 2.05) is 0 Å². The molecule has 0 atom stereocenters. The average molecular weight is 202 g/mol. The fourth-order valence-corrected chi connectivity index (χ4v) is 0.965. The van der Waals surface area contributed by atoms with Gasteiger partial charge in [-0.15, -0.1) is 0 Å². The van der Waals surface area contributed by atoms with E-state index in [9.17, 15) is 0 Å². The zero-order chi connectivity index (χ0) is 10.5. The van der Waals surface area contributed by atoms with Gasteiger partial charge in [0.25, 0.3) is 0 Å². The van der Waals surface area contributed by atoms with E-state index in [-0.39, 0.29) is 34.7 Å². The highest BCUT2D eigenvalue weighted by atomic mass is 79.9. The highest BCUT2D eigenvalue weighted by Crippen LogP contribution is 2.12. The molecule has 0 aromatic carbocycles. The Hall–Kier alpha value is -0.900. The molecule has 0 aliphatic heterocycles. The molecule has 0 bridgehead atoms. The third-order valence-electron chi connectivity index (χ3n) is 1.03. The van der Waals surface area contributed by atoms with Gasteiger partial charge < -0.3 is 0 Å². The fourth-order valence-electron chi connectivity index (χ4n) is 0.620. The van der Waals surface area contributed by atoms with Crippen LogP contribution in [-0.2, 0) is 0 Å². The molecule has 0 radical (unpaired) electrons. The van der Waals surface area contributed by atoms with E-state index >= 15 is 0 Å². The van der Waals surface area contributed by atoms with Crippen molar-refractivity contribution in [3.63, 3.8) is 0 Å². The maximum Gasteiger partial charge on any atom is 0.167 e. The highest BCUT2D eigenvalue weighted by Gasteiger charge is 1.96. The average Bonchev–Trinajstić information content (AvgIpc) is 2.42. The molecule has 0 unspecified atom stereocenters. The third-order valence-corrected chi connectivity index (χ3v) is 1.58. The largest absolute Gasteiger partial charge is 0.235 e. The van der Waals surface area contributed by atoms with E-state index in [1.165, 1.54) is 0 Å². The van der Waals surface area contributed by atoms with Crippen LogP contribution in [0.25, 0.3) is 5.65 Å². The first-order chi connectivity index (χ1) is 6.52. The Labute approximate surface area is 71.4 Å². The summed E-state index contributed by atoms with van der Waals surface area (Å²) in [5.41, 5.74) is 0.223. The molecule has 0 fully saturated rings. The first-order valence-electron chi connectivity index (χ1n) is 4.51. The lowest BCUT2D eigenvalue weighted by molar-refractivity contribution is 0.931. The van der Waals surface area contributed by atoms with Crippen LogP contribution in [0.5, 0.6) is 0 Å². The Balaban J connectivity index is 2.98. The number of aromatic nitrogens is 3. The maximum absolute atomic E-state index is 7.43. The SMILES string of the molecule is [2H]c1nn2c([2H])c([2H])nc2c(Br)c1[2H]. The topological polar surface area (TPSA) is 30.2 Å². The normalized spacial score (nSPS) is 16.1. The minimum Gasteiger partial charge on any atom is -0.235 e. The summed E-state index contributed by atoms with van der Waals surface area (Å²) in [6.07, 6.45) is -0.660. The fraction of sp³-hybridized carbons (Fsp3) is 0. The van der Waals surface area contributed by atoms with Gasteiger partial charge in [0.15, 0.2) is 5.65 Å². The number of nitrogens with zero attached hydrogens (tertiary/aromatic N) is 3. The molecule has 2 aromatic rings. The lowest BCUT2D eigenvalue weighted by Gasteiger charge is -1.91. The molecule has 0 saturated heterocycles. The summed E-state index contributed by atoms with van der Waals surface area (Å²) in [6.45, 7) is 0. The number of halogens is 1. The molecule has 4 heteroatoms. The summed E-state index contributed by atoms with van der Waals surface area (Å²) in [4.78, 5) is 3.74. The number of rotatable bonds is 0. The second-order valence-electron chi connectivity index (χ2n) is 1.62. The van der Waals surface area contributed by atoms with Gasteiger partial charge in [0.05, 0.1) is 9.96 Å². The Kier molecular flexibility index (Phi) is 0.617. The molecule has 0 aliphatic carbocycles. The van der Waals surface area contributed by atoms with Crippen LogP contribution in [0.1, 0.15) is 5.48 Å². The van der Waals surface area contributed by atoms with Crippen molar-refractivity contribution in [2.45, 2.75) is 0 Å². The van der Waals surface area contributed by atoms with Crippen LogP contribution in [0.15, 0.2) is 29.0 Å². The molecule has 0 spiro atoms. The van der Waals surface area contributed by atoms with Crippen LogP contribution in [-0.4, -0.2) is 14.6 Å². The zero-order valence-corrected chi connectivity index (χ0v) is 6.31. The summed E-state index contributed by atoms with van der Waals surface area (Å²) in [5.74, 6) is 0. The summed E-state index contributed by atoms with van der Waals surface area (Å²) in [5, 5.41) is 3.65. The minimum absolute atomic E-state index is 0.0949. The number of imidazole rings is 1. The Morgan fingerprint density at radius 3 is 3.40 bits per heavy atom. The van der Waals surface area contributed by atoms with E-state index in [1.54, 1.807) is 0 Å². The Morgan fingerprint density at radius 2 is 2.50 bits per heavy atom. The number of hydrogen-bond donors (Lipinski definition) is 0. The van der Waals surface area contributed by atoms with Gasteiger partial charge in [-0.3, -0.25) is 0 Å². The Bertz CT molecular complexity index is 524. The van der Waals surface area contributed by atoms with E-state index < -0.39 is 0 Å². The number of hydrogen-bond acceptors (Lipinski definition) is 2. The molecular weight excluding hydrogens is 194 g/mol. The van der Waals surface area contributed by atoms with Gasteiger partial charge in [-0.05, 0) is 22.0 Å². The summed E-state index contributed by atoms with van der Waals surface area (Å²) >= 11 is 3.08. The molecule has 2 aromatic heterocycles. The van der Waals surface area contributed by atoms with Crippen LogP contribution >= 0.6 is 15.9 Å². The third kappa shape index (κ3) is 0.724. The van der Waals surface area contributed by atoms with Crippen LogP contribution in [0.2, 0.25) is 0 Å². The van der Waals surface area contributed by atoms with Crippen molar-refractivity contribution in [3.8, 4) is 0 Å². The van der Waals surface area contributed by atoms with Gasteiger partial charge in [0.1, 0.15) is 0 Å². The molecule has 50 valence electrons. The Morgan fingerprint density at radius 1 is 1.60 bits per heavy atom. The summed E-state index contributed by atoms with van der Waals surface area (Å²) < 4.78 is 30.8. The van der Waals surface area contributed by atoms with E-state index in [4.69, 9.17) is 5.48 Å². The van der Waals surface area contributed by atoms with Gasteiger partial charge in [-0.25, -0.2) is 9.50 Å². The second kappa shape index (κ2) is 2.05. The smallest absolute Gasteiger partial charge is 0.167 e. The van der Waals surface area contributed by atoms with Crippen molar-refractivity contribution in [2.75, 3.05) is 0 Å². The van der Waals surface area contributed by atoms with Crippen molar-refractivity contribution >= 4 is 21.6 Å². The van der Waals surface area contributed by atoms with Crippen LogP contribution in [0, 0.1) is 0 Å². The maximum atomic E-state index is 7.43. The predicted octanol–water partition coefficient (Wildman–Crippen LogP) is 1.49. The quantitative estimate of drug-likeness (QED) is 0.647. The van der Waals surface area contributed by atoms with E-state index in [2.05, 4.69) is 26.0 Å².